The van der Waals surface area contributed by atoms with E-state index in [2.05, 4.69) is 0 Å². The zero-order valence-electron chi connectivity index (χ0n) is 8.55. The van der Waals surface area contributed by atoms with Crippen LogP contribution in [0.4, 0.5) is 0 Å². The summed E-state index contributed by atoms with van der Waals surface area (Å²) < 4.78 is 0. The van der Waals surface area contributed by atoms with Gasteiger partial charge in [0.05, 0.1) is 10.0 Å². The fourth-order valence-electron chi connectivity index (χ4n) is 2.19. The van der Waals surface area contributed by atoms with Crippen molar-refractivity contribution in [3.8, 4) is 11.1 Å². The van der Waals surface area contributed by atoms with Crippen LogP contribution in [0.3, 0.4) is 0 Å². The van der Waals surface area contributed by atoms with E-state index < -0.39 is 6.10 Å². The molecule has 1 atom stereocenters. The maximum atomic E-state index is 10.2. The van der Waals surface area contributed by atoms with Crippen molar-refractivity contribution < 1.29 is 5.11 Å². The molecule has 1 aliphatic carbocycles. The van der Waals surface area contributed by atoms with Crippen LogP contribution in [-0.4, -0.2) is 5.11 Å². The monoisotopic (exact) mass is 284 g/mol. The van der Waals surface area contributed by atoms with Crippen molar-refractivity contribution in [1.82, 2.24) is 0 Å². The van der Waals surface area contributed by atoms with Crippen LogP contribution in [0, 0.1) is 0 Å². The number of hydrogen-bond donors (Lipinski definition) is 1. The molecule has 0 heterocycles. The Morgan fingerprint density at radius 3 is 2.24 bits per heavy atom. The van der Waals surface area contributed by atoms with Crippen molar-refractivity contribution in [2.24, 2.45) is 0 Å². The first-order valence-corrected chi connectivity index (χ1v) is 6.18. The molecule has 2 aromatic rings. The first-order valence-electron chi connectivity index (χ1n) is 5.05. The standard InChI is InChI=1S/C13H7Cl3O/c14-6-1-2-7-8-4-11(15)12(16)5-10(8)13(17)9(7)3-6/h1-5,13,17H/t13-/m0/s1. The van der Waals surface area contributed by atoms with Crippen molar-refractivity contribution in [2.45, 2.75) is 6.10 Å². The van der Waals surface area contributed by atoms with E-state index in [0.29, 0.717) is 15.1 Å². The summed E-state index contributed by atoms with van der Waals surface area (Å²) in [5.41, 5.74) is 3.44. The van der Waals surface area contributed by atoms with Gasteiger partial charge in [0.15, 0.2) is 0 Å². The smallest absolute Gasteiger partial charge is 0.105 e. The van der Waals surface area contributed by atoms with Crippen molar-refractivity contribution in [1.29, 1.82) is 0 Å². The zero-order valence-corrected chi connectivity index (χ0v) is 10.8. The average Bonchev–Trinajstić information content (AvgIpc) is 2.54. The molecule has 0 unspecified atom stereocenters. The lowest BCUT2D eigenvalue weighted by atomic mass is 10.1. The van der Waals surface area contributed by atoms with Gasteiger partial charge in [-0.15, -0.1) is 0 Å². The Bertz CT molecular complexity index is 622. The molecular weight excluding hydrogens is 279 g/mol. The van der Waals surface area contributed by atoms with Crippen LogP contribution >= 0.6 is 34.8 Å². The van der Waals surface area contributed by atoms with Crippen LogP contribution in [0.1, 0.15) is 17.2 Å². The lowest BCUT2D eigenvalue weighted by Gasteiger charge is -2.06. The Morgan fingerprint density at radius 1 is 0.824 bits per heavy atom. The predicted molar refractivity (Wildman–Crippen MR) is 71.0 cm³/mol. The number of benzene rings is 2. The van der Waals surface area contributed by atoms with Gasteiger partial charge in [0.2, 0.25) is 0 Å². The molecular formula is C13H7Cl3O. The summed E-state index contributed by atoms with van der Waals surface area (Å²) in [6, 6.07) is 8.94. The Kier molecular flexibility index (Phi) is 2.60. The highest BCUT2D eigenvalue weighted by Crippen LogP contribution is 2.46. The number of halogens is 3. The second kappa shape index (κ2) is 3.89. The summed E-state index contributed by atoms with van der Waals surface area (Å²) in [6.45, 7) is 0. The second-order valence-corrected chi connectivity index (χ2v) is 5.24. The van der Waals surface area contributed by atoms with Crippen LogP contribution in [0.15, 0.2) is 30.3 Å². The van der Waals surface area contributed by atoms with Gasteiger partial charge in [-0.3, -0.25) is 0 Å². The van der Waals surface area contributed by atoms with Crippen molar-refractivity contribution in [2.75, 3.05) is 0 Å². The molecule has 86 valence electrons. The first kappa shape index (κ1) is 11.4. The van der Waals surface area contributed by atoms with Gasteiger partial charge < -0.3 is 5.11 Å². The van der Waals surface area contributed by atoms with E-state index in [1.165, 1.54) is 0 Å². The van der Waals surface area contributed by atoms with Crippen molar-refractivity contribution in [3.05, 3.63) is 56.5 Å². The molecule has 0 bridgehead atoms. The quantitative estimate of drug-likeness (QED) is 0.743. The van der Waals surface area contributed by atoms with Gasteiger partial charge in [-0.2, -0.15) is 0 Å². The van der Waals surface area contributed by atoms with Crippen LogP contribution in [0.5, 0.6) is 0 Å². The van der Waals surface area contributed by atoms with Crippen LogP contribution < -0.4 is 0 Å². The van der Waals surface area contributed by atoms with Gasteiger partial charge >= 0.3 is 0 Å². The molecule has 0 fully saturated rings. The van der Waals surface area contributed by atoms with E-state index >= 15 is 0 Å². The largest absolute Gasteiger partial charge is 0.384 e. The highest BCUT2D eigenvalue weighted by Gasteiger charge is 2.28. The molecule has 0 radical (unpaired) electrons. The minimum atomic E-state index is -0.687. The average molecular weight is 286 g/mol. The third kappa shape index (κ3) is 1.66. The fourth-order valence-corrected chi connectivity index (χ4v) is 2.71. The molecule has 3 rings (SSSR count). The summed E-state index contributed by atoms with van der Waals surface area (Å²) in [5.74, 6) is 0. The van der Waals surface area contributed by atoms with Gasteiger partial charge in [0.1, 0.15) is 6.10 Å². The second-order valence-electron chi connectivity index (χ2n) is 3.99. The van der Waals surface area contributed by atoms with E-state index in [4.69, 9.17) is 34.8 Å². The molecule has 1 N–H and O–H groups in total. The molecule has 0 amide bonds. The Labute approximate surface area is 114 Å². The maximum Gasteiger partial charge on any atom is 0.105 e. The van der Waals surface area contributed by atoms with Gasteiger partial charge in [-0.05, 0) is 46.5 Å². The number of rotatable bonds is 0. The Hall–Kier alpha value is -0.730. The Morgan fingerprint density at radius 2 is 1.47 bits per heavy atom. The minimum absolute atomic E-state index is 0.448. The number of hydrogen-bond acceptors (Lipinski definition) is 1. The number of fused-ring (bicyclic) bond motifs is 3. The molecule has 2 aromatic carbocycles. The molecule has 0 aromatic heterocycles. The van der Waals surface area contributed by atoms with E-state index in [-0.39, 0.29) is 0 Å². The van der Waals surface area contributed by atoms with Crippen LogP contribution in [0.25, 0.3) is 11.1 Å². The summed E-state index contributed by atoms with van der Waals surface area (Å²) in [7, 11) is 0. The molecule has 17 heavy (non-hydrogen) atoms. The highest BCUT2D eigenvalue weighted by atomic mass is 35.5. The summed E-state index contributed by atoms with van der Waals surface area (Å²) in [6.07, 6.45) is -0.687. The Balaban J connectivity index is 2.31. The molecule has 0 aliphatic heterocycles. The molecule has 0 saturated heterocycles. The highest BCUT2D eigenvalue weighted by molar-refractivity contribution is 6.42. The van der Waals surface area contributed by atoms with Gasteiger partial charge in [-0.1, -0.05) is 40.9 Å². The third-order valence-corrected chi connectivity index (χ3v) is 3.94. The number of aliphatic hydroxyl groups excluding tert-OH is 1. The normalized spacial score (nSPS) is 16.8. The fraction of sp³-hybridized carbons (Fsp3) is 0.0769. The predicted octanol–water partition coefficient (Wildman–Crippen LogP) is 4.71. The zero-order chi connectivity index (χ0) is 12.2. The summed E-state index contributed by atoms with van der Waals surface area (Å²) in [5, 5.41) is 11.8. The molecule has 1 nitrogen and oxygen atoms in total. The maximum absolute atomic E-state index is 10.2. The number of aliphatic hydroxyl groups is 1. The minimum Gasteiger partial charge on any atom is -0.384 e. The van der Waals surface area contributed by atoms with Gasteiger partial charge in [0, 0.05) is 5.02 Å². The van der Waals surface area contributed by atoms with Crippen LogP contribution in [0.2, 0.25) is 15.1 Å². The third-order valence-electron chi connectivity index (χ3n) is 2.99. The van der Waals surface area contributed by atoms with E-state index in [1.807, 2.05) is 6.07 Å². The molecule has 0 saturated carbocycles. The van der Waals surface area contributed by atoms with E-state index in [0.717, 1.165) is 22.3 Å². The summed E-state index contributed by atoms with van der Waals surface area (Å²) in [4.78, 5) is 0. The van der Waals surface area contributed by atoms with E-state index in [9.17, 15) is 5.11 Å². The lowest BCUT2D eigenvalue weighted by Crippen LogP contribution is -1.93. The topological polar surface area (TPSA) is 20.2 Å². The van der Waals surface area contributed by atoms with Gasteiger partial charge in [0.25, 0.3) is 0 Å². The first-order chi connectivity index (χ1) is 8.08. The molecule has 0 spiro atoms. The SMILES string of the molecule is O[C@H]1c2cc(Cl)ccc2-c2cc(Cl)c(Cl)cc21. The van der Waals surface area contributed by atoms with Gasteiger partial charge in [-0.25, -0.2) is 0 Å². The van der Waals surface area contributed by atoms with Crippen molar-refractivity contribution in [3.63, 3.8) is 0 Å². The molecule has 4 heteroatoms. The van der Waals surface area contributed by atoms with Crippen molar-refractivity contribution >= 4 is 34.8 Å². The van der Waals surface area contributed by atoms with Crippen LogP contribution in [-0.2, 0) is 0 Å². The van der Waals surface area contributed by atoms with E-state index in [1.54, 1.807) is 24.3 Å². The lowest BCUT2D eigenvalue weighted by molar-refractivity contribution is 0.225. The summed E-state index contributed by atoms with van der Waals surface area (Å²) >= 11 is 17.9. The molecule has 1 aliphatic rings.